The van der Waals surface area contributed by atoms with Crippen molar-refractivity contribution in [3.63, 3.8) is 0 Å². The van der Waals surface area contributed by atoms with Crippen molar-refractivity contribution >= 4 is 34.8 Å². The third kappa shape index (κ3) is 5.42. The summed E-state index contributed by atoms with van der Waals surface area (Å²) in [6.45, 7) is 10.9. The number of aromatic nitrogens is 3. The highest BCUT2D eigenvalue weighted by Crippen LogP contribution is 2.46. The molecule has 9 heteroatoms. The van der Waals surface area contributed by atoms with Gasteiger partial charge in [0, 0.05) is 18.7 Å². The van der Waals surface area contributed by atoms with Gasteiger partial charge >= 0.3 is 12.2 Å². The van der Waals surface area contributed by atoms with Gasteiger partial charge in [0.15, 0.2) is 5.65 Å². The zero-order valence-corrected chi connectivity index (χ0v) is 21.0. The van der Waals surface area contributed by atoms with E-state index < -0.39 is 23.4 Å². The zero-order valence-electron chi connectivity index (χ0n) is 20.2. The van der Waals surface area contributed by atoms with Crippen LogP contribution in [0, 0.1) is 5.92 Å². The Balaban J connectivity index is 1.48. The number of imide groups is 1. The number of pyridine rings is 1. The van der Waals surface area contributed by atoms with Crippen molar-refractivity contribution in [1.29, 1.82) is 0 Å². The summed E-state index contributed by atoms with van der Waals surface area (Å²) in [5, 5.41) is 6.53. The van der Waals surface area contributed by atoms with Crippen molar-refractivity contribution in [2.45, 2.75) is 90.4 Å². The molecule has 0 atom stereocenters. The number of hydrogen-bond acceptors (Lipinski definition) is 6. The van der Waals surface area contributed by atoms with Crippen LogP contribution >= 0.6 is 11.6 Å². The van der Waals surface area contributed by atoms with Gasteiger partial charge in [-0.25, -0.2) is 24.2 Å². The van der Waals surface area contributed by atoms with E-state index in [9.17, 15) is 9.59 Å². The van der Waals surface area contributed by atoms with Gasteiger partial charge in [-0.1, -0.05) is 11.6 Å². The molecule has 2 heterocycles. The maximum absolute atomic E-state index is 12.8. The number of hydrogen-bond donors (Lipinski definition) is 0. The molecule has 4 rings (SSSR count). The summed E-state index contributed by atoms with van der Waals surface area (Å²) in [6.07, 6.45) is 4.15. The number of carbonyl (C=O) groups excluding carboxylic acids is 2. The molecule has 0 unspecified atom stereocenters. The first-order chi connectivity index (χ1) is 15.3. The SMILES string of the molecule is CC(C)(C)OC(=O)N(CC1CC(n2nc(C3CC3)c3c(Cl)ccnc32)C1)C(=O)OC(C)(C)C. The van der Waals surface area contributed by atoms with Crippen molar-refractivity contribution in [2.24, 2.45) is 5.92 Å². The van der Waals surface area contributed by atoms with Crippen LogP contribution < -0.4 is 0 Å². The van der Waals surface area contributed by atoms with Crippen LogP contribution in [-0.4, -0.2) is 49.6 Å². The molecule has 0 bridgehead atoms. The quantitative estimate of drug-likeness (QED) is 0.531. The molecule has 2 aliphatic rings. The monoisotopic (exact) mass is 476 g/mol. The summed E-state index contributed by atoms with van der Waals surface area (Å²) in [4.78, 5) is 31.2. The van der Waals surface area contributed by atoms with E-state index in [0.717, 1.165) is 47.3 Å². The van der Waals surface area contributed by atoms with Crippen molar-refractivity contribution in [2.75, 3.05) is 6.54 Å². The van der Waals surface area contributed by atoms with Crippen LogP contribution in [-0.2, 0) is 9.47 Å². The molecule has 2 aromatic heterocycles. The van der Waals surface area contributed by atoms with Gasteiger partial charge in [-0.3, -0.25) is 0 Å². The van der Waals surface area contributed by atoms with Crippen molar-refractivity contribution in [3.8, 4) is 0 Å². The van der Waals surface area contributed by atoms with E-state index in [2.05, 4.69) is 4.98 Å². The Morgan fingerprint density at radius 2 is 1.67 bits per heavy atom. The average Bonchev–Trinajstić information content (AvgIpc) is 3.39. The minimum Gasteiger partial charge on any atom is -0.443 e. The highest BCUT2D eigenvalue weighted by Gasteiger charge is 2.40. The summed E-state index contributed by atoms with van der Waals surface area (Å²) in [5.41, 5.74) is 0.426. The van der Waals surface area contributed by atoms with Gasteiger partial charge in [0.1, 0.15) is 11.2 Å². The number of ether oxygens (including phenoxy) is 2. The van der Waals surface area contributed by atoms with E-state index in [1.165, 1.54) is 0 Å². The number of halogens is 1. The molecule has 0 saturated heterocycles. The van der Waals surface area contributed by atoms with Crippen LogP contribution in [0.25, 0.3) is 11.0 Å². The summed E-state index contributed by atoms with van der Waals surface area (Å²) < 4.78 is 12.9. The molecular formula is C24H33ClN4O4. The fourth-order valence-corrected chi connectivity index (χ4v) is 4.35. The summed E-state index contributed by atoms with van der Waals surface area (Å²) >= 11 is 6.48. The number of rotatable bonds is 4. The lowest BCUT2D eigenvalue weighted by Gasteiger charge is -2.38. The van der Waals surface area contributed by atoms with Gasteiger partial charge in [-0.05, 0) is 79.2 Å². The highest BCUT2D eigenvalue weighted by molar-refractivity contribution is 6.35. The lowest BCUT2D eigenvalue weighted by atomic mass is 9.80. The first-order valence-corrected chi connectivity index (χ1v) is 12.0. The maximum Gasteiger partial charge on any atom is 0.419 e. The van der Waals surface area contributed by atoms with E-state index in [1.54, 1.807) is 47.7 Å². The Kier molecular flexibility index (Phi) is 6.10. The molecule has 2 aliphatic carbocycles. The second-order valence-electron chi connectivity index (χ2n) is 11.2. The van der Waals surface area contributed by atoms with E-state index in [0.29, 0.717) is 10.9 Å². The Morgan fingerprint density at radius 3 is 2.18 bits per heavy atom. The van der Waals surface area contributed by atoms with E-state index >= 15 is 0 Å². The Morgan fingerprint density at radius 1 is 1.09 bits per heavy atom. The molecule has 180 valence electrons. The van der Waals surface area contributed by atoms with Crippen LogP contribution in [0.15, 0.2) is 12.3 Å². The maximum atomic E-state index is 12.8. The largest absolute Gasteiger partial charge is 0.443 e. The molecule has 33 heavy (non-hydrogen) atoms. The second kappa shape index (κ2) is 8.46. The Bertz CT molecular complexity index is 1030. The third-order valence-electron chi connectivity index (χ3n) is 5.76. The van der Waals surface area contributed by atoms with Gasteiger partial charge < -0.3 is 9.47 Å². The van der Waals surface area contributed by atoms with Crippen molar-refractivity contribution in [3.05, 3.63) is 23.0 Å². The fourth-order valence-electron chi connectivity index (χ4n) is 4.11. The van der Waals surface area contributed by atoms with Crippen LogP contribution in [0.2, 0.25) is 5.02 Å². The van der Waals surface area contributed by atoms with Gasteiger partial charge in [-0.2, -0.15) is 5.10 Å². The molecule has 2 fully saturated rings. The van der Waals surface area contributed by atoms with Gasteiger partial charge in [-0.15, -0.1) is 0 Å². The van der Waals surface area contributed by atoms with Crippen LogP contribution in [0.4, 0.5) is 9.59 Å². The molecule has 0 spiro atoms. The third-order valence-corrected chi connectivity index (χ3v) is 6.07. The Labute approximate surface area is 199 Å². The first-order valence-electron chi connectivity index (χ1n) is 11.6. The predicted octanol–water partition coefficient (Wildman–Crippen LogP) is 6.09. The molecule has 2 saturated carbocycles. The molecule has 2 amide bonds. The van der Waals surface area contributed by atoms with E-state index in [1.807, 2.05) is 10.7 Å². The highest BCUT2D eigenvalue weighted by atomic mass is 35.5. The standard InChI is InChI=1S/C24H33ClN4O4/c1-23(2,3)32-21(30)28(22(31)33-24(4,5)6)13-14-11-16(12-14)29-20-18(17(25)9-10-26-20)19(27-29)15-7-8-15/h9-10,14-16H,7-8,11-13H2,1-6H3. The summed E-state index contributed by atoms with van der Waals surface area (Å²) in [6, 6.07) is 1.96. The average molecular weight is 477 g/mol. The summed E-state index contributed by atoms with van der Waals surface area (Å²) in [7, 11) is 0. The zero-order chi connectivity index (χ0) is 24.1. The predicted molar refractivity (Wildman–Crippen MR) is 125 cm³/mol. The fraction of sp³-hybridized carbons (Fsp3) is 0.667. The van der Waals surface area contributed by atoms with Crippen molar-refractivity contribution in [1.82, 2.24) is 19.7 Å². The van der Waals surface area contributed by atoms with E-state index in [4.69, 9.17) is 26.2 Å². The first kappa shape index (κ1) is 23.8. The number of carbonyl (C=O) groups is 2. The Hall–Kier alpha value is -2.35. The smallest absolute Gasteiger partial charge is 0.419 e. The van der Waals surface area contributed by atoms with Crippen LogP contribution in [0.1, 0.15) is 84.9 Å². The number of amides is 2. The second-order valence-corrected chi connectivity index (χ2v) is 11.6. The van der Waals surface area contributed by atoms with Crippen molar-refractivity contribution < 1.29 is 19.1 Å². The lowest BCUT2D eigenvalue weighted by molar-refractivity contribution is -0.00632. The normalized spacial score (nSPS) is 20.9. The van der Waals surface area contributed by atoms with Gasteiger partial charge in [0.25, 0.3) is 0 Å². The molecule has 0 aromatic carbocycles. The van der Waals surface area contributed by atoms with E-state index in [-0.39, 0.29) is 18.5 Å². The molecular weight excluding hydrogens is 444 g/mol. The molecule has 0 aliphatic heterocycles. The topological polar surface area (TPSA) is 86.5 Å². The molecule has 0 N–H and O–H groups in total. The molecule has 0 radical (unpaired) electrons. The molecule has 2 aromatic rings. The minimum atomic E-state index is -0.711. The van der Waals surface area contributed by atoms with Crippen LogP contribution in [0.5, 0.6) is 0 Å². The van der Waals surface area contributed by atoms with Gasteiger partial charge in [0.2, 0.25) is 0 Å². The van der Waals surface area contributed by atoms with Crippen LogP contribution in [0.3, 0.4) is 0 Å². The minimum absolute atomic E-state index is 0.123. The summed E-state index contributed by atoms with van der Waals surface area (Å²) in [5.74, 6) is 0.582. The number of nitrogens with zero attached hydrogens (tertiary/aromatic N) is 4. The van der Waals surface area contributed by atoms with Gasteiger partial charge in [0.05, 0.1) is 22.1 Å². The molecule has 8 nitrogen and oxygen atoms in total. The lowest BCUT2D eigenvalue weighted by Crippen LogP contribution is -2.47. The number of fused-ring (bicyclic) bond motifs is 1.